The molecule has 26 heavy (non-hydrogen) atoms. The molecule has 3 rings (SSSR count). The molecule has 0 fully saturated rings. The molecule has 0 spiro atoms. The summed E-state index contributed by atoms with van der Waals surface area (Å²) in [6.07, 6.45) is 0. The van der Waals surface area contributed by atoms with Gasteiger partial charge in [0.25, 0.3) is 0 Å². The number of rotatable bonds is 3. The average molecular weight is 453 g/mol. The van der Waals surface area contributed by atoms with E-state index >= 15 is 0 Å². The highest BCUT2D eigenvalue weighted by Crippen LogP contribution is 2.35. The fourth-order valence-corrected chi connectivity index (χ4v) is 3.62. The molecule has 134 valence electrons. The van der Waals surface area contributed by atoms with Gasteiger partial charge in [-0.15, -0.1) is 0 Å². The Bertz CT molecular complexity index is 902. The van der Waals surface area contributed by atoms with Gasteiger partial charge in [0, 0.05) is 26.5 Å². The number of hydrogen-bond donors (Lipinski definition) is 3. The lowest BCUT2D eigenvalue weighted by Gasteiger charge is -2.32. The summed E-state index contributed by atoms with van der Waals surface area (Å²) in [4.78, 5) is 17.2. The number of hydrogen-bond acceptors (Lipinski definition) is 3. The molecule has 0 aliphatic carbocycles. The minimum Gasteiger partial charge on any atom is -0.508 e. The summed E-state index contributed by atoms with van der Waals surface area (Å²) in [5, 5.41) is 17.1. The van der Waals surface area contributed by atoms with E-state index in [1.54, 1.807) is 49.4 Å². The van der Waals surface area contributed by atoms with Crippen molar-refractivity contribution >= 4 is 62.2 Å². The molecule has 2 atom stereocenters. The van der Waals surface area contributed by atoms with Crippen LogP contribution in [0, 0.1) is 5.92 Å². The van der Waals surface area contributed by atoms with E-state index in [9.17, 15) is 9.90 Å². The Balaban J connectivity index is 1.96. The number of nitrogens with zero attached hydrogens (tertiary/aromatic N) is 1. The van der Waals surface area contributed by atoms with Crippen molar-refractivity contribution in [1.29, 1.82) is 0 Å². The number of amides is 1. The summed E-state index contributed by atoms with van der Waals surface area (Å²) in [5.74, 6) is -0.821. The number of phenols is 1. The Morgan fingerprint density at radius 3 is 2.69 bits per heavy atom. The topological polar surface area (TPSA) is 73.7 Å². The second-order valence-corrected chi connectivity index (χ2v) is 7.60. The van der Waals surface area contributed by atoms with Crippen molar-refractivity contribution in [1.82, 2.24) is 5.32 Å². The first-order valence-electron chi connectivity index (χ1n) is 7.75. The van der Waals surface area contributed by atoms with Gasteiger partial charge in [-0.3, -0.25) is 4.79 Å². The Morgan fingerprint density at radius 2 is 2.00 bits per heavy atom. The SMILES string of the molecule is CC1=NC(=S)NC(c2cc(Br)ccc2O)C1C(=O)Nc1ccc(Cl)cc1. The number of nitrogens with one attached hydrogen (secondary N) is 2. The number of phenolic OH excluding ortho intramolecular Hbond substituents is 1. The van der Waals surface area contributed by atoms with Crippen LogP contribution in [0.15, 0.2) is 51.9 Å². The van der Waals surface area contributed by atoms with Crippen molar-refractivity contribution in [2.75, 3.05) is 5.32 Å². The summed E-state index contributed by atoms with van der Waals surface area (Å²) < 4.78 is 0.787. The van der Waals surface area contributed by atoms with Gasteiger partial charge in [0.05, 0.1) is 6.04 Å². The highest BCUT2D eigenvalue weighted by molar-refractivity contribution is 9.10. The van der Waals surface area contributed by atoms with Gasteiger partial charge in [0.15, 0.2) is 5.11 Å². The summed E-state index contributed by atoms with van der Waals surface area (Å²) in [7, 11) is 0. The minimum absolute atomic E-state index is 0.0764. The molecule has 1 aliphatic rings. The van der Waals surface area contributed by atoms with Gasteiger partial charge in [0.1, 0.15) is 11.7 Å². The first kappa shape index (κ1) is 18.8. The standard InChI is InChI=1S/C18H15BrClN3O2S/c1-9-15(17(25)22-12-5-3-11(20)4-6-12)16(23-18(26)21-9)13-8-10(19)2-7-14(13)24/h2-8,15-16,24H,1H3,(H,22,25)(H,23,26). The molecule has 1 aliphatic heterocycles. The smallest absolute Gasteiger partial charge is 0.235 e. The minimum atomic E-state index is -0.641. The fourth-order valence-electron chi connectivity index (χ4n) is 2.85. The zero-order chi connectivity index (χ0) is 18.8. The third kappa shape index (κ3) is 4.06. The zero-order valence-electron chi connectivity index (χ0n) is 13.7. The molecule has 0 saturated heterocycles. The van der Waals surface area contributed by atoms with E-state index in [0.29, 0.717) is 22.0 Å². The molecule has 0 radical (unpaired) electrons. The van der Waals surface area contributed by atoms with E-state index < -0.39 is 12.0 Å². The third-order valence-electron chi connectivity index (χ3n) is 4.06. The van der Waals surface area contributed by atoms with Gasteiger partial charge in [-0.25, -0.2) is 4.99 Å². The van der Waals surface area contributed by atoms with Crippen LogP contribution in [0.25, 0.3) is 0 Å². The highest BCUT2D eigenvalue weighted by Gasteiger charge is 2.37. The van der Waals surface area contributed by atoms with E-state index in [0.717, 1.165) is 4.47 Å². The van der Waals surface area contributed by atoms with Crippen LogP contribution >= 0.6 is 39.7 Å². The lowest BCUT2D eigenvalue weighted by Crippen LogP contribution is -2.45. The van der Waals surface area contributed by atoms with Gasteiger partial charge in [0.2, 0.25) is 5.91 Å². The van der Waals surface area contributed by atoms with Gasteiger partial charge in [-0.2, -0.15) is 0 Å². The third-order valence-corrected chi connectivity index (χ3v) is 5.01. The predicted molar refractivity (Wildman–Crippen MR) is 111 cm³/mol. The molecule has 2 aromatic rings. The normalized spacial score (nSPS) is 19.5. The van der Waals surface area contributed by atoms with Crippen LogP contribution in [0.2, 0.25) is 5.02 Å². The van der Waals surface area contributed by atoms with Crippen molar-refractivity contribution in [2.24, 2.45) is 10.9 Å². The average Bonchev–Trinajstić information content (AvgIpc) is 2.58. The first-order chi connectivity index (χ1) is 12.3. The molecule has 2 unspecified atom stereocenters. The largest absolute Gasteiger partial charge is 0.508 e. The van der Waals surface area contributed by atoms with Crippen LogP contribution in [0.5, 0.6) is 5.75 Å². The molecule has 5 nitrogen and oxygen atoms in total. The number of anilines is 1. The van der Waals surface area contributed by atoms with Crippen molar-refractivity contribution < 1.29 is 9.90 Å². The molecule has 1 heterocycles. The monoisotopic (exact) mass is 451 g/mol. The van der Waals surface area contributed by atoms with Crippen LogP contribution in [0.1, 0.15) is 18.5 Å². The van der Waals surface area contributed by atoms with Crippen LogP contribution in [0.3, 0.4) is 0 Å². The molecule has 2 aromatic carbocycles. The lowest BCUT2D eigenvalue weighted by molar-refractivity contribution is -0.118. The molecular weight excluding hydrogens is 438 g/mol. The van der Waals surface area contributed by atoms with Crippen LogP contribution < -0.4 is 10.6 Å². The summed E-state index contributed by atoms with van der Waals surface area (Å²) >= 11 is 14.5. The van der Waals surface area contributed by atoms with Crippen LogP contribution in [0.4, 0.5) is 5.69 Å². The second-order valence-electron chi connectivity index (χ2n) is 5.86. The molecule has 8 heteroatoms. The van der Waals surface area contributed by atoms with E-state index in [1.807, 2.05) is 0 Å². The number of benzene rings is 2. The number of aromatic hydroxyl groups is 1. The molecule has 0 bridgehead atoms. The number of carbonyl (C=O) groups is 1. The Labute approximate surface area is 169 Å². The second kappa shape index (κ2) is 7.73. The van der Waals surface area contributed by atoms with Gasteiger partial charge in [-0.05, 0) is 61.6 Å². The number of carbonyl (C=O) groups excluding carboxylic acids is 1. The number of halogens is 2. The number of aliphatic imine (C=N–C) groups is 1. The highest BCUT2D eigenvalue weighted by atomic mass is 79.9. The molecule has 1 amide bonds. The van der Waals surface area contributed by atoms with Crippen molar-refractivity contribution in [2.45, 2.75) is 13.0 Å². The van der Waals surface area contributed by atoms with E-state index in [1.165, 1.54) is 0 Å². The van der Waals surface area contributed by atoms with Crippen molar-refractivity contribution in [3.05, 3.63) is 57.5 Å². The number of thiocarbonyl (C=S) groups is 1. The van der Waals surface area contributed by atoms with Crippen molar-refractivity contribution in [3.8, 4) is 5.75 Å². The zero-order valence-corrected chi connectivity index (χ0v) is 16.8. The van der Waals surface area contributed by atoms with Gasteiger partial charge < -0.3 is 15.7 Å². The summed E-state index contributed by atoms with van der Waals surface area (Å²) in [6.45, 7) is 1.75. The van der Waals surface area contributed by atoms with E-state index in [-0.39, 0.29) is 16.8 Å². The molecule has 0 aromatic heterocycles. The van der Waals surface area contributed by atoms with Crippen LogP contribution in [-0.4, -0.2) is 21.8 Å². The maximum Gasteiger partial charge on any atom is 0.235 e. The quantitative estimate of drug-likeness (QED) is 0.601. The van der Waals surface area contributed by atoms with Gasteiger partial charge in [-0.1, -0.05) is 27.5 Å². The summed E-state index contributed by atoms with van der Waals surface area (Å²) in [6, 6.07) is 11.4. The van der Waals surface area contributed by atoms with E-state index in [4.69, 9.17) is 23.8 Å². The molecule has 0 saturated carbocycles. The Kier molecular flexibility index (Phi) is 5.60. The lowest BCUT2D eigenvalue weighted by atomic mass is 9.87. The maximum atomic E-state index is 12.9. The maximum absolute atomic E-state index is 12.9. The first-order valence-corrected chi connectivity index (χ1v) is 9.33. The predicted octanol–water partition coefficient (Wildman–Crippen LogP) is 4.45. The van der Waals surface area contributed by atoms with E-state index in [2.05, 4.69) is 31.6 Å². The fraction of sp³-hybridized carbons (Fsp3) is 0.167. The summed E-state index contributed by atoms with van der Waals surface area (Å²) in [5.41, 5.74) is 1.76. The Hall–Kier alpha value is -1.96. The van der Waals surface area contributed by atoms with Gasteiger partial charge >= 0.3 is 0 Å². The Morgan fingerprint density at radius 1 is 1.31 bits per heavy atom. The van der Waals surface area contributed by atoms with Crippen molar-refractivity contribution in [3.63, 3.8) is 0 Å². The molecule has 3 N–H and O–H groups in total. The van der Waals surface area contributed by atoms with Crippen LogP contribution in [-0.2, 0) is 4.79 Å². The molecular formula is C18H15BrClN3O2S.